The molecule has 0 fully saturated rings. The van der Waals surface area contributed by atoms with E-state index in [1.807, 2.05) is 0 Å². The summed E-state index contributed by atoms with van der Waals surface area (Å²) in [6.45, 7) is 11.3. The average molecular weight is 807 g/mol. The van der Waals surface area contributed by atoms with Crippen LogP contribution in [-0.4, -0.2) is 37.2 Å². The Hall–Kier alpha value is -1.59. The number of hydrogen-bond acceptors (Lipinski definition) is 6. The average Bonchev–Trinajstić information content (AvgIpc) is 3.19. The van der Waals surface area contributed by atoms with Gasteiger partial charge in [-0.25, -0.2) is 0 Å². The van der Waals surface area contributed by atoms with Gasteiger partial charge in [0.05, 0.1) is 0 Å². The van der Waals surface area contributed by atoms with Gasteiger partial charge in [0.15, 0.2) is 6.10 Å². The van der Waals surface area contributed by atoms with Crippen molar-refractivity contribution >= 4 is 17.9 Å². The van der Waals surface area contributed by atoms with Gasteiger partial charge in [-0.15, -0.1) is 0 Å². The first kappa shape index (κ1) is 55.4. The summed E-state index contributed by atoms with van der Waals surface area (Å²) < 4.78 is 16.8. The van der Waals surface area contributed by atoms with E-state index in [-0.39, 0.29) is 31.1 Å². The van der Waals surface area contributed by atoms with Crippen molar-refractivity contribution < 1.29 is 28.6 Å². The number of ether oxygens (including phenoxy) is 3. The number of hydrogen-bond donors (Lipinski definition) is 0. The summed E-state index contributed by atoms with van der Waals surface area (Å²) in [6, 6.07) is 0. The lowest BCUT2D eigenvalue weighted by Crippen LogP contribution is -2.30. The van der Waals surface area contributed by atoms with Crippen LogP contribution in [0.15, 0.2) is 0 Å². The third kappa shape index (κ3) is 43.8. The van der Waals surface area contributed by atoms with Gasteiger partial charge in [0.2, 0.25) is 0 Å². The monoisotopic (exact) mass is 807 g/mol. The van der Waals surface area contributed by atoms with Crippen LogP contribution in [0.3, 0.4) is 0 Å². The third-order valence-electron chi connectivity index (χ3n) is 11.8. The van der Waals surface area contributed by atoms with Crippen LogP contribution in [0.25, 0.3) is 0 Å². The van der Waals surface area contributed by atoms with Gasteiger partial charge in [-0.2, -0.15) is 0 Å². The van der Waals surface area contributed by atoms with E-state index in [1.54, 1.807) is 0 Å². The maximum atomic E-state index is 12.7. The summed E-state index contributed by atoms with van der Waals surface area (Å²) in [6.07, 6.45) is 43.8. The first-order chi connectivity index (χ1) is 27.8. The van der Waals surface area contributed by atoms with Crippen molar-refractivity contribution in [2.75, 3.05) is 13.2 Å². The number of carbonyl (C=O) groups is 3. The van der Waals surface area contributed by atoms with E-state index in [4.69, 9.17) is 14.2 Å². The van der Waals surface area contributed by atoms with Gasteiger partial charge in [-0.1, -0.05) is 240 Å². The van der Waals surface area contributed by atoms with Crippen molar-refractivity contribution in [1.29, 1.82) is 0 Å². The lowest BCUT2D eigenvalue weighted by atomic mass is 10.00. The molecule has 0 aromatic rings. The molecule has 0 saturated carbocycles. The molecule has 0 N–H and O–H groups in total. The Morgan fingerprint density at radius 3 is 1.00 bits per heavy atom. The third-order valence-corrected chi connectivity index (χ3v) is 11.8. The molecule has 1 unspecified atom stereocenters. The van der Waals surface area contributed by atoms with Crippen molar-refractivity contribution in [2.45, 2.75) is 285 Å². The van der Waals surface area contributed by atoms with Gasteiger partial charge in [0.1, 0.15) is 13.2 Å². The molecule has 0 aliphatic rings. The predicted octanol–water partition coefficient (Wildman–Crippen LogP) is 16.1. The van der Waals surface area contributed by atoms with Crippen molar-refractivity contribution in [3.05, 3.63) is 0 Å². The van der Waals surface area contributed by atoms with E-state index in [9.17, 15) is 14.4 Å². The molecular weight excluding hydrogens is 709 g/mol. The minimum atomic E-state index is -0.761. The molecule has 0 radical (unpaired) electrons. The van der Waals surface area contributed by atoms with E-state index in [0.29, 0.717) is 19.3 Å². The smallest absolute Gasteiger partial charge is 0.306 e. The quantitative estimate of drug-likeness (QED) is 0.0346. The van der Waals surface area contributed by atoms with E-state index >= 15 is 0 Å². The van der Waals surface area contributed by atoms with Crippen LogP contribution in [0, 0.1) is 11.8 Å². The van der Waals surface area contributed by atoms with Gasteiger partial charge < -0.3 is 14.2 Å². The van der Waals surface area contributed by atoms with Gasteiger partial charge in [0.25, 0.3) is 0 Å². The van der Waals surface area contributed by atoms with Gasteiger partial charge in [-0.05, 0) is 31.1 Å². The molecule has 0 aliphatic heterocycles. The minimum absolute atomic E-state index is 0.0647. The maximum Gasteiger partial charge on any atom is 0.306 e. The van der Waals surface area contributed by atoms with Gasteiger partial charge in [0, 0.05) is 19.3 Å². The highest BCUT2D eigenvalue weighted by Gasteiger charge is 2.19. The highest BCUT2D eigenvalue weighted by Crippen LogP contribution is 2.17. The molecule has 0 aliphatic carbocycles. The summed E-state index contributed by atoms with van der Waals surface area (Å²) in [5.41, 5.74) is 0. The van der Waals surface area contributed by atoms with Crippen molar-refractivity contribution in [1.82, 2.24) is 0 Å². The highest BCUT2D eigenvalue weighted by atomic mass is 16.6. The second kappa shape index (κ2) is 44.0. The molecule has 0 spiro atoms. The van der Waals surface area contributed by atoms with E-state index in [1.165, 1.54) is 167 Å². The Balaban J connectivity index is 4.24. The van der Waals surface area contributed by atoms with E-state index in [2.05, 4.69) is 34.6 Å². The zero-order valence-corrected chi connectivity index (χ0v) is 39.0. The zero-order chi connectivity index (χ0) is 41.9. The Morgan fingerprint density at radius 2 is 0.667 bits per heavy atom. The molecule has 6 nitrogen and oxygen atoms in total. The van der Waals surface area contributed by atoms with Crippen LogP contribution in [-0.2, 0) is 28.6 Å². The van der Waals surface area contributed by atoms with E-state index < -0.39 is 6.10 Å². The fourth-order valence-corrected chi connectivity index (χ4v) is 7.60. The fraction of sp³-hybridized carbons (Fsp3) is 0.941. The standard InChI is InChI=1S/C51H98O6/c1-6-8-9-10-11-12-18-22-25-31-36-41-49(52)55-44-48(57-51(54)43-38-33-28-27-30-35-40-47(5)7-2)45-56-50(53)42-37-32-26-23-20-17-15-13-14-16-19-21-24-29-34-39-46(3)4/h46-48H,6-45H2,1-5H3/t47?,48-/m0/s1. The Morgan fingerprint density at radius 1 is 0.368 bits per heavy atom. The molecule has 0 saturated heterocycles. The molecule has 6 heteroatoms. The molecule has 0 aromatic carbocycles. The molecular formula is C51H98O6. The lowest BCUT2D eigenvalue weighted by Gasteiger charge is -2.18. The second-order valence-corrected chi connectivity index (χ2v) is 18.2. The summed E-state index contributed by atoms with van der Waals surface area (Å²) in [4.78, 5) is 37.8. The SMILES string of the molecule is CCCCCCCCCCCCCC(=O)OC[C@@H](COC(=O)CCCCCCCCCCCCCCCCCC(C)C)OC(=O)CCCCCCCCC(C)CC. The van der Waals surface area contributed by atoms with Crippen molar-refractivity contribution in [3.8, 4) is 0 Å². The molecule has 0 bridgehead atoms. The van der Waals surface area contributed by atoms with Crippen molar-refractivity contribution in [2.24, 2.45) is 11.8 Å². The number of rotatable bonds is 45. The van der Waals surface area contributed by atoms with Crippen LogP contribution < -0.4 is 0 Å². The molecule has 2 atom stereocenters. The Bertz CT molecular complexity index is 872. The van der Waals surface area contributed by atoms with Crippen LogP contribution >= 0.6 is 0 Å². The van der Waals surface area contributed by atoms with Gasteiger partial charge >= 0.3 is 17.9 Å². The zero-order valence-electron chi connectivity index (χ0n) is 39.0. The first-order valence-corrected chi connectivity index (χ1v) is 25.3. The number of esters is 3. The molecule has 57 heavy (non-hydrogen) atoms. The molecule has 338 valence electrons. The van der Waals surface area contributed by atoms with Crippen molar-refractivity contribution in [3.63, 3.8) is 0 Å². The minimum Gasteiger partial charge on any atom is -0.462 e. The summed E-state index contributed by atoms with van der Waals surface area (Å²) in [5, 5.41) is 0. The second-order valence-electron chi connectivity index (χ2n) is 18.2. The van der Waals surface area contributed by atoms with Crippen LogP contribution in [0.5, 0.6) is 0 Å². The fourth-order valence-electron chi connectivity index (χ4n) is 7.60. The number of carbonyl (C=O) groups excluding carboxylic acids is 3. The van der Waals surface area contributed by atoms with Crippen LogP contribution in [0.2, 0.25) is 0 Å². The summed E-state index contributed by atoms with van der Waals surface area (Å²) in [5.74, 6) is 0.805. The molecule has 0 heterocycles. The first-order valence-electron chi connectivity index (χ1n) is 25.3. The Labute approximate surface area is 355 Å². The molecule has 0 amide bonds. The summed E-state index contributed by atoms with van der Waals surface area (Å²) >= 11 is 0. The molecule has 0 rings (SSSR count). The maximum absolute atomic E-state index is 12.7. The number of unbranched alkanes of at least 4 members (excludes halogenated alkanes) is 29. The predicted molar refractivity (Wildman–Crippen MR) is 243 cm³/mol. The van der Waals surface area contributed by atoms with E-state index in [0.717, 1.165) is 69.6 Å². The van der Waals surface area contributed by atoms with Crippen LogP contribution in [0.1, 0.15) is 279 Å². The normalized spacial score (nSPS) is 12.5. The Kier molecular flexibility index (Phi) is 42.7. The highest BCUT2D eigenvalue weighted by molar-refractivity contribution is 5.71. The topological polar surface area (TPSA) is 78.9 Å². The van der Waals surface area contributed by atoms with Crippen LogP contribution in [0.4, 0.5) is 0 Å². The summed E-state index contributed by atoms with van der Waals surface area (Å²) in [7, 11) is 0. The van der Waals surface area contributed by atoms with Gasteiger partial charge in [-0.3, -0.25) is 14.4 Å². The lowest BCUT2D eigenvalue weighted by molar-refractivity contribution is -0.167. The molecule has 0 aromatic heterocycles. The largest absolute Gasteiger partial charge is 0.462 e.